The van der Waals surface area contributed by atoms with E-state index in [2.05, 4.69) is 11.0 Å². The van der Waals surface area contributed by atoms with Crippen LogP contribution in [0.4, 0.5) is 0 Å². The summed E-state index contributed by atoms with van der Waals surface area (Å²) < 4.78 is 5.36. The molecule has 0 bridgehead atoms. The molecule has 0 spiro atoms. The lowest BCUT2D eigenvalue weighted by molar-refractivity contribution is -0.126. The summed E-state index contributed by atoms with van der Waals surface area (Å²) in [6.45, 7) is 1.55. The Morgan fingerprint density at radius 2 is 2.00 bits per heavy atom. The van der Waals surface area contributed by atoms with Gasteiger partial charge >= 0.3 is 0 Å². The van der Waals surface area contributed by atoms with Crippen molar-refractivity contribution in [2.24, 2.45) is 5.92 Å². The maximum atomic E-state index is 11.4. The van der Waals surface area contributed by atoms with Gasteiger partial charge in [-0.15, -0.1) is 0 Å². The third kappa shape index (κ3) is 3.61. The topological polar surface area (TPSA) is 52.9 Å². The Hall–Kier alpha value is -1.75. The van der Waals surface area contributed by atoms with Crippen molar-refractivity contribution < 1.29 is 14.9 Å². The van der Waals surface area contributed by atoms with Gasteiger partial charge in [0.2, 0.25) is 0 Å². The monoisotopic (exact) mass is 401 g/mol. The molecule has 0 aromatic heterocycles. The van der Waals surface area contributed by atoms with E-state index in [-0.39, 0.29) is 17.7 Å². The molecule has 2 fully saturated rings. The van der Waals surface area contributed by atoms with Crippen LogP contribution in [0.25, 0.3) is 0 Å². The SMILES string of the molecule is COc1cc([C@H]2[C@@H]3CCCC[C@]3(O)CCN2Cc2ccccc2Cl)ccc1O. The smallest absolute Gasteiger partial charge is 0.160 e. The molecular weight excluding hydrogens is 374 g/mol. The van der Waals surface area contributed by atoms with E-state index in [0.29, 0.717) is 5.75 Å². The molecule has 3 atom stereocenters. The van der Waals surface area contributed by atoms with Gasteiger partial charge < -0.3 is 14.9 Å². The van der Waals surface area contributed by atoms with Crippen LogP contribution < -0.4 is 4.74 Å². The number of rotatable bonds is 4. The molecule has 2 aromatic rings. The number of likely N-dealkylation sites (tertiary alicyclic amines) is 1. The highest BCUT2D eigenvalue weighted by Crippen LogP contribution is 2.50. The van der Waals surface area contributed by atoms with Crippen LogP contribution in [0.2, 0.25) is 5.02 Å². The first-order chi connectivity index (χ1) is 13.5. The van der Waals surface area contributed by atoms with Crippen LogP contribution in [0.15, 0.2) is 42.5 Å². The van der Waals surface area contributed by atoms with Gasteiger partial charge in [0.25, 0.3) is 0 Å². The Labute approximate surface area is 171 Å². The fourth-order valence-electron chi connectivity index (χ4n) is 5.09. The first-order valence-electron chi connectivity index (χ1n) is 10.1. The zero-order chi connectivity index (χ0) is 19.7. The number of nitrogens with zero attached hydrogens (tertiary/aromatic N) is 1. The van der Waals surface area contributed by atoms with E-state index in [0.717, 1.165) is 61.3 Å². The number of benzene rings is 2. The van der Waals surface area contributed by atoms with E-state index in [4.69, 9.17) is 16.3 Å². The summed E-state index contributed by atoms with van der Waals surface area (Å²) in [5, 5.41) is 22.2. The summed E-state index contributed by atoms with van der Waals surface area (Å²) in [5.41, 5.74) is 1.55. The Morgan fingerprint density at radius 3 is 2.79 bits per heavy atom. The molecule has 4 rings (SSSR count). The van der Waals surface area contributed by atoms with Crippen molar-refractivity contribution in [1.29, 1.82) is 0 Å². The van der Waals surface area contributed by atoms with Crippen LogP contribution in [0.5, 0.6) is 11.5 Å². The number of ether oxygens (including phenoxy) is 1. The molecule has 1 saturated heterocycles. The van der Waals surface area contributed by atoms with E-state index in [1.807, 2.05) is 30.3 Å². The number of fused-ring (bicyclic) bond motifs is 1. The Balaban J connectivity index is 1.73. The predicted molar refractivity (Wildman–Crippen MR) is 111 cm³/mol. The standard InChI is InChI=1S/C23H28ClNO3/c1-28-21-14-16(9-10-20(21)26)22-18-7-4-5-11-23(18,27)12-13-25(22)15-17-6-2-3-8-19(17)24/h2-3,6,8-10,14,18,22,26-27H,4-5,7,11-13,15H2,1H3/t18-,22-,23-/m0/s1. The predicted octanol–water partition coefficient (Wildman–Crippen LogP) is 4.92. The van der Waals surface area contributed by atoms with Crippen LogP contribution in [0.1, 0.15) is 49.3 Å². The summed E-state index contributed by atoms with van der Waals surface area (Å²) in [4.78, 5) is 2.43. The van der Waals surface area contributed by atoms with Gasteiger partial charge in [0.15, 0.2) is 11.5 Å². The Morgan fingerprint density at radius 1 is 1.18 bits per heavy atom. The lowest BCUT2D eigenvalue weighted by Gasteiger charge is -2.53. The number of phenolic OH excluding ortho intramolecular Hbond substituents is 1. The van der Waals surface area contributed by atoms with Gasteiger partial charge in [0.05, 0.1) is 12.7 Å². The summed E-state index contributed by atoms with van der Waals surface area (Å²) in [7, 11) is 1.57. The summed E-state index contributed by atoms with van der Waals surface area (Å²) >= 11 is 6.44. The van der Waals surface area contributed by atoms with Crippen LogP contribution in [-0.2, 0) is 6.54 Å². The van der Waals surface area contributed by atoms with Gasteiger partial charge in [-0.3, -0.25) is 4.90 Å². The zero-order valence-corrected chi connectivity index (χ0v) is 17.0. The highest BCUT2D eigenvalue weighted by molar-refractivity contribution is 6.31. The second-order valence-electron chi connectivity index (χ2n) is 8.14. The van der Waals surface area contributed by atoms with Crippen molar-refractivity contribution in [3.05, 3.63) is 58.6 Å². The second-order valence-corrected chi connectivity index (χ2v) is 8.55. The molecule has 1 heterocycles. The molecule has 1 saturated carbocycles. The molecule has 4 nitrogen and oxygen atoms in total. The fraction of sp³-hybridized carbons (Fsp3) is 0.478. The molecule has 28 heavy (non-hydrogen) atoms. The molecule has 5 heteroatoms. The number of piperidine rings is 1. The minimum Gasteiger partial charge on any atom is -0.504 e. The van der Waals surface area contributed by atoms with E-state index in [1.54, 1.807) is 13.2 Å². The molecule has 2 N–H and O–H groups in total. The molecule has 1 aliphatic heterocycles. The Bertz CT molecular complexity index is 842. The highest BCUT2D eigenvalue weighted by Gasteiger charge is 2.49. The summed E-state index contributed by atoms with van der Waals surface area (Å²) in [6.07, 6.45) is 4.88. The van der Waals surface area contributed by atoms with Crippen molar-refractivity contribution in [3.8, 4) is 11.5 Å². The van der Waals surface area contributed by atoms with Gasteiger partial charge in [0, 0.05) is 30.1 Å². The van der Waals surface area contributed by atoms with Crippen molar-refractivity contribution in [1.82, 2.24) is 4.90 Å². The number of halogens is 1. The van der Waals surface area contributed by atoms with Crippen LogP contribution in [0, 0.1) is 5.92 Å². The molecule has 0 unspecified atom stereocenters. The second kappa shape index (κ2) is 7.94. The van der Waals surface area contributed by atoms with Gasteiger partial charge in [-0.25, -0.2) is 0 Å². The van der Waals surface area contributed by atoms with Crippen molar-refractivity contribution in [3.63, 3.8) is 0 Å². The zero-order valence-electron chi connectivity index (χ0n) is 16.3. The highest BCUT2D eigenvalue weighted by atomic mass is 35.5. The van der Waals surface area contributed by atoms with Gasteiger partial charge in [-0.2, -0.15) is 0 Å². The lowest BCUT2D eigenvalue weighted by Crippen LogP contribution is -2.54. The molecule has 2 aromatic carbocycles. The largest absolute Gasteiger partial charge is 0.504 e. The number of hydrogen-bond donors (Lipinski definition) is 2. The summed E-state index contributed by atoms with van der Waals surface area (Å²) in [5.74, 6) is 0.769. The number of methoxy groups -OCH3 is 1. The summed E-state index contributed by atoms with van der Waals surface area (Å²) in [6, 6.07) is 13.6. The molecular formula is C23H28ClNO3. The Kier molecular flexibility index (Phi) is 5.55. The number of aromatic hydroxyl groups is 1. The van der Waals surface area contributed by atoms with Gasteiger partial charge in [-0.1, -0.05) is 48.7 Å². The van der Waals surface area contributed by atoms with Crippen LogP contribution in [-0.4, -0.2) is 34.4 Å². The lowest BCUT2D eigenvalue weighted by atomic mass is 9.66. The third-order valence-electron chi connectivity index (χ3n) is 6.55. The van der Waals surface area contributed by atoms with Gasteiger partial charge in [0.1, 0.15) is 0 Å². The van der Waals surface area contributed by atoms with E-state index < -0.39 is 5.60 Å². The molecule has 2 aliphatic rings. The van der Waals surface area contributed by atoms with Crippen LogP contribution >= 0.6 is 11.6 Å². The molecule has 150 valence electrons. The molecule has 0 radical (unpaired) electrons. The third-order valence-corrected chi connectivity index (χ3v) is 6.92. The van der Waals surface area contributed by atoms with Crippen molar-refractivity contribution in [2.75, 3.05) is 13.7 Å². The molecule has 1 aliphatic carbocycles. The quantitative estimate of drug-likeness (QED) is 0.763. The van der Waals surface area contributed by atoms with Crippen LogP contribution in [0.3, 0.4) is 0 Å². The maximum Gasteiger partial charge on any atom is 0.160 e. The normalized spacial score (nSPS) is 28.0. The average Bonchev–Trinajstić information content (AvgIpc) is 2.70. The first-order valence-corrected chi connectivity index (χ1v) is 10.5. The fourth-order valence-corrected chi connectivity index (χ4v) is 5.28. The average molecular weight is 402 g/mol. The number of aliphatic hydroxyl groups is 1. The molecule has 0 amide bonds. The maximum absolute atomic E-state index is 11.4. The van der Waals surface area contributed by atoms with Crippen molar-refractivity contribution >= 4 is 11.6 Å². The van der Waals surface area contributed by atoms with Crippen molar-refractivity contribution in [2.45, 2.75) is 50.3 Å². The number of hydrogen-bond acceptors (Lipinski definition) is 4. The van der Waals surface area contributed by atoms with E-state index in [1.165, 1.54) is 0 Å². The minimum atomic E-state index is -0.620. The van der Waals surface area contributed by atoms with E-state index in [9.17, 15) is 10.2 Å². The number of phenols is 1. The first kappa shape index (κ1) is 19.6. The van der Waals surface area contributed by atoms with Gasteiger partial charge in [-0.05, 0) is 48.6 Å². The minimum absolute atomic E-state index is 0.0600. The van der Waals surface area contributed by atoms with E-state index >= 15 is 0 Å².